The standard InChI is InChI=1S/C10H11BrO2.C2H6/c1-4-7-5-8(12-2)6-9(11)10(7)13-3;1-2/h4-6H,1H2,2-3H3;1-2H3. The summed E-state index contributed by atoms with van der Waals surface area (Å²) in [5.41, 5.74) is 0.911. The zero-order valence-corrected chi connectivity index (χ0v) is 11.2. The van der Waals surface area contributed by atoms with Crippen LogP contribution >= 0.6 is 15.9 Å². The van der Waals surface area contributed by atoms with E-state index in [4.69, 9.17) is 9.47 Å². The van der Waals surface area contributed by atoms with Crippen molar-refractivity contribution in [3.05, 3.63) is 28.7 Å². The average Bonchev–Trinajstić information content (AvgIpc) is 2.30. The molecular formula is C12H17BrO2. The molecule has 1 aromatic carbocycles. The topological polar surface area (TPSA) is 18.5 Å². The van der Waals surface area contributed by atoms with Crippen molar-refractivity contribution in [3.63, 3.8) is 0 Å². The molecule has 15 heavy (non-hydrogen) atoms. The third-order valence-corrected chi connectivity index (χ3v) is 2.29. The lowest BCUT2D eigenvalue weighted by Crippen LogP contribution is -1.90. The first-order chi connectivity index (χ1) is 7.22. The van der Waals surface area contributed by atoms with Gasteiger partial charge in [-0.1, -0.05) is 26.5 Å². The Bertz CT molecular complexity index is 322. The summed E-state index contributed by atoms with van der Waals surface area (Å²) < 4.78 is 11.2. The van der Waals surface area contributed by atoms with Gasteiger partial charge in [0.25, 0.3) is 0 Å². The van der Waals surface area contributed by atoms with Crippen LogP contribution in [0.4, 0.5) is 0 Å². The van der Waals surface area contributed by atoms with Gasteiger partial charge in [-0.05, 0) is 28.1 Å². The van der Waals surface area contributed by atoms with Crippen molar-refractivity contribution in [3.8, 4) is 11.5 Å². The Morgan fingerprint density at radius 3 is 2.20 bits per heavy atom. The Morgan fingerprint density at radius 1 is 1.20 bits per heavy atom. The summed E-state index contributed by atoms with van der Waals surface area (Å²) in [5, 5.41) is 0. The normalized spacial score (nSPS) is 8.60. The molecule has 0 saturated heterocycles. The van der Waals surface area contributed by atoms with E-state index >= 15 is 0 Å². The van der Waals surface area contributed by atoms with E-state index < -0.39 is 0 Å². The SMILES string of the molecule is C=Cc1cc(OC)cc(Br)c1OC.CC. The van der Waals surface area contributed by atoms with E-state index in [-0.39, 0.29) is 0 Å². The van der Waals surface area contributed by atoms with E-state index in [9.17, 15) is 0 Å². The first kappa shape index (κ1) is 14.0. The summed E-state index contributed by atoms with van der Waals surface area (Å²) in [5.74, 6) is 1.55. The molecule has 0 unspecified atom stereocenters. The van der Waals surface area contributed by atoms with Crippen LogP contribution in [0.2, 0.25) is 0 Å². The minimum Gasteiger partial charge on any atom is -0.497 e. The van der Waals surface area contributed by atoms with E-state index in [1.54, 1.807) is 20.3 Å². The number of rotatable bonds is 3. The number of benzene rings is 1. The van der Waals surface area contributed by atoms with Gasteiger partial charge in [-0.15, -0.1) is 0 Å². The molecule has 0 saturated carbocycles. The molecule has 0 aromatic heterocycles. The molecule has 0 aliphatic carbocycles. The minimum absolute atomic E-state index is 0.774. The third kappa shape index (κ3) is 3.59. The number of hydrogen-bond donors (Lipinski definition) is 0. The number of halogens is 1. The van der Waals surface area contributed by atoms with E-state index in [0.717, 1.165) is 21.5 Å². The van der Waals surface area contributed by atoms with Gasteiger partial charge in [-0.25, -0.2) is 0 Å². The van der Waals surface area contributed by atoms with Crippen molar-refractivity contribution >= 4 is 22.0 Å². The second-order valence-corrected chi connectivity index (χ2v) is 3.29. The summed E-state index contributed by atoms with van der Waals surface area (Å²) >= 11 is 3.39. The second-order valence-electron chi connectivity index (χ2n) is 2.44. The van der Waals surface area contributed by atoms with Crippen LogP contribution in [0.1, 0.15) is 19.4 Å². The Hall–Kier alpha value is -0.960. The lowest BCUT2D eigenvalue weighted by atomic mass is 10.2. The lowest BCUT2D eigenvalue weighted by Gasteiger charge is -2.09. The van der Waals surface area contributed by atoms with E-state index in [2.05, 4.69) is 22.5 Å². The van der Waals surface area contributed by atoms with Gasteiger partial charge < -0.3 is 9.47 Å². The molecule has 0 spiro atoms. The maximum Gasteiger partial charge on any atom is 0.140 e. The predicted molar refractivity (Wildman–Crippen MR) is 68.7 cm³/mol. The quantitative estimate of drug-likeness (QED) is 0.824. The maximum absolute atomic E-state index is 5.19. The van der Waals surface area contributed by atoms with Crippen LogP contribution in [0.25, 0.3) is 6.08 Å². The highest BCUT2D eigenvalue weighted by Gasteiger charge is 2.07. The molecule has 2 nitrogen and oxygen atoms in total. The Labute approximate surface area is 100 Å². The van der Waals surface area contributed by atoms with Crippen molar-refractivity contribution in [1.82, 2.24) is 0 Å². The number of ether oxygens (including phenoxy) is 2. The van der Waals surface area contributed by atoms with E-state index in [1.165, 1.54) is 0 Å². The van der Waals surface area contributed by atoms with Gasteiger partial charge in [0.1, 0.15) is 11.5 Å². The molecule has 0 N–H and O–H groups in total. The van der Waals surface area contributed by atoms with Gasteiger partial charge in [-0.3, -0.25) is 0 Å². The Morgan fingerprint density at radius 2 is 1.80 bits per heavy atom. The zero-order valence-electron chi connectivity index (χ0n) is 9.63. The van der Waals surface area contributed by atoms with Crippen LogP contribution in [-0.2, 0) is 0 Å². The van der Waals surface area contributed by atoms with Crippen LogP contribution in [0.3, 0.4) is 0 Å². The van der Waals surface area contributed by atoms with E-state index in [1.807, 2.05) is 26.0 Å². The summed E-state index contributed by atoms with van der Waals surface area (Å²) in [6.45, 7) is 7.70. The zero-order chi connectivity index (χ0) is 11.8. The van der Waals surface area contributed by atoms with Gasteiger partial charge in [0, 0.05) is 5.56 Å². The number of methoxy groups -OCH3 is 2. The lowest BCUT2D eigenvalue weighted by molar-refractivity contribution is 0.400. The van der Waals surface area contributed by atoms with Gasteiger partial charge >= 0.3 is 0 Å². The van der Waals surface area contributed by atoms with Crippen molar-refractivity contribution in [2.75, 3.05) is 14.2 Å². The van der Waals surface area contributed by atoms with Crippen LogP contribution in [0.5, 0.6) is 11.5 Å². The molecular weight excluding hydrogens is 256 g/mol. The van der Waals surface area contributed by atoms with Crippen LogP contribution < -0.4 is 9.47 Å². The van der Waals surface area contributed by atoms with Crippen molar-refractivity contribution in [2.45, 2.75) is 13.8 Å². The fraction of sp³-hybridized carbons (Fsp3) is 0.333. The van der Waals surface area contributed by atoms with Gasteiger partial charge in [-0.2, -0.15) is 0 Å². The summed E-state index contributed by atoms with van der Waals surface area (Å²) in [7, 11) is 3.25. The number of hydrogen-bond acceptors (Lipinski definition) is 2. The monoisotopic (exact) mass is 272 g/mol. The molecule has 0 amide bonds. The largest absolute Gasteiger partial charge is 0.497 e. The fourth-order valence-corrected chi connectivity index (χ4v) is 1.69. The van der Waals surface area contributed by atoms with E-state index in [0.29, 0.717) is 0 Å². The summed E-state index contributed by atoms with van der Waals surface area (Å²) in [6, 6.07) is 3.72. The van der Waals surface area contributed by atoms with Gasteiger partial charge in [0.2, 0.25) is 0 Å². The van der Waals surface area contributed by atoms with Crippen LogP contribution in [-0.4, -0.2) is 14.2 Å². The Kier molecular flexibility index (Phi) is 6.88. The summed E-state index contributed by atoms with van der Waals surface area (Å²) in [6.07, 6.45) is 1.73. The van der Waals surface area contributed by atoms with Crippen LogP contribution in [0, 0.1) is 0 Å². The van der Waals surface area contributed by atoms with Crippen molar-refractivity contribution < 1.29 is 9.47 Å². The molecule has 0 bridgehead atoms. The van der Waals surface area contributed by atoms with Crippen molar-refractivity contribution in [2.24, 2.45) is 0 Å². The highest BCUT2D eigenvalue weighted by atomic mass is 79.9. The highest BCUT2D eigenvalue weighted by Crippen LogP contribution is 2.33. The first-order valence-corrected chi connectivity index (χ1v) is 5.56. The smallest absolute Gasteiger partial charge is 0.140 e. The van der Waals surface area contributed by atoms with Crippen molar-refractivity contribution in [1.29, 1.82) is 0 Å². The highest BCUT2D eigenvalue weighted by molar-refractivity contribution is 9.10. The molecule has 1 aromatic rings. The molecule has 0 radical (unpaired) electrons. The molecule has 3 heteroatoms. The second kappa shape index (κ2) is 7.35. The molecule has 0 fully saturated rings. The third-order valence-electron chi connectivity index (χ3n) is 1.71. The average molecular weight is 273 g/mol. The van der Waals surface area contributed by atoms with Crippen LogP contribution in [0.15, 0.2) is 23.2 Å². The maximum atomic E-state index is 5.19. The molecule has 0 aliphatic rings. The molecule has 84 valence electrons. The van der Waals surface area contributed by atoms with Gasteiger partial charge in [0.05, 0.1) is 18.7 Å². The molecule has 0 heterocycles. The summed E-state index contributed by atoms with van der Waals surface area (Å²) in [4.78, 5) is 0. The molecule has 0 aliphatic heterocycles. The predicted octanol–water partition coefficient (Wildman–Crippen LogP) is 4.14. The minimum atomic E-state index is 0.774. The molecule has 1 rings (SSSR count). The van der Waals surface area contributed by atoms with Gasteiger partial charge in [0.15, 0.2) is 0 Å². The fourth-order valence-electron chi connectivity index (χ4n) is 1.07. The Balaban J connectivity index is 0.000000921. The first-order valence-electron chi connectivity index (χ1n) is 4.77. The molecule has 0 atom stereocenters.